The molecule has 0 bridgehead atoms. The summed E-state index contributed by atoms with van der Waals surface area (Å²) < 4.78 is 5.39. The highest BCUT2D eigenvalue weighted by molar-refractivity contribution is 5.92. The zero-order valence-corrected chi connectivity index (χ0v) is 15.0. The number of aryl methyl sites for hydroxylation is 1. The topological polar surface area (TPSA) is 54.1 Å². The Morgan fingerprint density at radius 2 is 2.04 bits per heavy atom. The Balaban J connectivity index is 2.10. The van der Waals surface area contributed by atoms with Crippen molar-refractivity contribution in [3.8, 4) is 17.0 Å². The highest BCUT2D eigenvalue weighted by Crippen LogP contribution is 2.33. The van der Waals surface area contributed by atoms with E-state index in [0.29, 0.717) is 6.54 Å². The summed E-state index contributed by atoms with van der Waals surface area (Å²) in [6.45, 7) is 4.32. The van der Waals surface area contributed by atoms with E-state index in [9.17, 15) is 4.79 Å². The minimum Gasteiger partial charge on any atom is -0.497 e. The Labute approximate surface area is 148 Å². The quantitative estimate of drug-likeness (QED) is 0.712. The SMILES string of the molecule is CCc1cccc(-c2[nH]c3ccc(OC)cc3c2CCNC(C)=O)c1. The van der Waals surface area contributed by atoms with Gasteiger partial charge in [0.25, 0.3) is 0 Å². The number of carbonyl (C=O) groups is 1. The van der Waals surface area contributed by atoms with Crippen molar-refractivity contribution >= 4 is 16.8 Å². The molecular weight excluding hydrogens is 312 g/mol. The van der Waals surface area contributed by atoms with Gasteiger partial charge in [-0.1, -0.05) is 25.1 Å². The molecule has 1 aromatic heterocycles. The van der Waals surface area contributed by atoms with Crippen LogP contribution in [0.4, 0.5) is 0 Å². The number of nitrogens with one attached hydrogen (secondary N) is 2. The van der Waals surface area contributed by atoms with Crippen molar-refractivity contribution in [3.05, 3.63) is 53.6 Å². The Bertz CT molecular complexity index is 896. The number of benzene rings is 2. The Morgan fingerprint density at radius 3 is 2.76 bits per heavy atom. The van der Waals surface area contributed by atoms with Crippen LogP contribution in [0.1, 0.15) is 25.0 Å². The van der Waals surface area contributed by atoms with Crippen LogP contribution in [0.15, 0.2) is 42.5 Å². The number of methoxy groups -OCH3 is 1. The van der Waals surface area contributed by atoms with Gasteiger partial charge in [0, 0.05) is 30.1 Å². The fraction of sp³-hybridized carbons (Fsp3) is 0.286. The molecule has 3 rings (SSSR count). The van der Waals surface area contributed by atoms with Crippen LogP contribution in [0.5, 0.6) is 5.75 Å². The zero-order valence-electron chi connectivity index (χ0n) is 15.0. The third-order valence-corrected chi connectivity index (χ3v) is 4.49. The molecule has 0 aliphatic carbocycles. The number of rotatable bonds is 6. The smallest absolute Gasteiger partial charge is 0.216 e. The Kier molecular flexibility index (Phi) is 5.08. The molecule has 1 amide bonds. The fourth-order valence-electron chi connectivity index (χ4n) is 3.17. The highest BCUT2D eigenvalue weighted by atomic mass is 16.5. The van der Waals surface area contributed by atoms with E-state index in [-0.39, 0.29) is 5.91 Å². The molecular formula is C21H24N2O2. The largest absolute Gasteiger partial charge is 0.497 e. The van der Waals surface area contributed by atoms with Crippen molar-refractivity contribution in [2.45, 2.75) is 26.7 Å². The molecule has 0 unspecified atom stereocenters. The van der Waals surface area contributed by atoms with Crippen LogP contribution in [0.3, 0.4) is 0 Å². The highest BCUT2D eigenvalue weighted by Gasteiger charge is 2.14. The second-order valence-electron chi connectivity index (χ2n) is 6.18. The molecule has 0 saturated heterocycles. The van der Waals surface area contributed by atoms with Crippen LogP contribution >= 0.6 is 0 Å². The van der Waals surface area contributed by atoms with Gasteiger partial charge in [-0.25, -0.2) is 0 Å². The first-order valence-electron chi connectivity index (χ1n) is 8.64. The lowest BCUT2D eigenvalue weighted by atomic mass is 10.0. The summed E-state index contributed by atoms with van der Waals surface area (Å²) in [4.78, 5) is 14.8. The van der Waals surface area contributed by atoms with Crippen molar-refractivity contribution in [1.29, 1.82) is 0 Å². The molecule has 4 nitrogen and oxygen atoms in total. The summed E-state index contributed by atoms with van der Waals surface area (Å²) in [6.07, 6.45) is 1.77. The first-order chi connectivity index (χ1) is 12.1. The van der Waals surface area contributed by atoms with E-state index in [2.05, 4.69) is 47.6 Å². The van der Waals surface area contributed by atoms with E-state index >= 15 is 0 Å². The van der Waals surface area contributed by atoms with E-state index in [1.54, 1.807) is 14.0 Å². The maximum absolute atomic E-state index is 11.2. The van der Waals surface area contributed by atoms with Gasteiger partial charge in [-0.15, -0.1) is 0 Å². The number of amides is 1. The van der Waals surface area contributed by atoms with Gasteiger partial charge in [0.15, 0.2) is 0 Å². The van der Waals surface area contributed by atoms with Crippen LogP contribution in [0, 0.1) is 0 Å². The maximum Gasteiger partial charge on any atom is 0.216 e. The number of hydrogen-bond acceptors (Lipinski definition) is 2. The molecule has 0 radical (unpaired) electrons. The molecule has 1 heterocycles. The fourth-order valence-corrected chi connectivity index (χ4v) is 3.17. The monoisotopic (exact) mass is 336 g/mol. The minimum absolute atomic E-state index is 0.00745. The third kappa shape index (κ3) is 3.68. The van der Waals surface area contributed by atoms with Crippen molar-refractivity contribution in [2.24, 2.45) is 0 Å². The molecule has 0 atom stereocenters. The number of carbonyl (C=O) groups excluding carboxylic acids is 1. The third-order valence-electron chi connectivity index (χ3n) is 4.49. The number of aromatic nitrogens is 1. The van der Waals surface area contributed by atoms with Crippen molar-refractivity contribution in [3.63, 3.8) is 0 Å². The standard InChI is InChI=1S/C21H24N2O2/c1-4-15-6-5-7-16(12-15)21-18(10-11-22-14(2)24)19-13-17(25-3)8-9-20(19)23-21/h5-9,12-13,23H,4,10-11H2,1-3H3,(H,22,24). The molecule has 3 aromatic rings. The lowest BCUT2D eigenvalue weighted by Gasteiger charge is -2.08. The molecule has 0 spiro atoms. The van der Waals surface area contributed by atoms with Gasteiger partial charge in [-0.2, -0.15) is 0 Å². The van der Waals surface area contributed by atoms with Gasteiger partial charge in [-0.05, 0) is 53.8 Å². The first-order valence-corrected chi connectivity index (χ1v) is 8.64. The van der Waals surface area contributed by atoms with E-state index in [1.165, 1.54) is 16.7 Å². The summed E-state index contributed by atoms with van der Waals surface area (Å²) in [5.74, 6) is 0.827. The zero-order chi connectivity index (χ0) is 17.8. The molecule has 130 valence electrons. The van der Waals surface area contributed by atoms with Gasteiger partial charge >= 0.3 is 0 Å². The molecule has 2 aromatic carbocycles. The molecule has 0 aliphatic rings. The lowest BCUT2D eigenvalue weighted by molar-refractivity contribution is -0.118. The van der Waals surface area contributed by atoms with Gasteiger partial charge in [0.2, 0.25) is 5.91 Å². The van der Waals surface area contributed by atoms with Crippen LogP contribution < -0.4 is 10.1 Å². The Morgan fingerprint density at radius 1 is 1.20 bits per heavy atom. The molecule has 0 saturated carbocycles. The van der Waals surface area contributed by atoms with Gasteiger partial charge in [0.1, 0.15) is 5.75 Å². The Hall–Kier alpha value is -2.75. The van der Waals surface area contributed by atoms with Crippen LogP contribution in [-0.2, 0) is 17.6 Å². The number of ether oxygens (including phenoxy) is 1. The predicted molar refractivity (Wildman–Crippen MR) is 102 cm³/mol. The van der Waals surface area contributed by atoms with E-state index in [0.717, 1.165) is 35.2 Å². The van der Waals surface area contributed by atoms with Crippen molar-refractivity contribution in [1.82, 2.24) is 10.3 Å². The van der Waals surface area contributed by atoms with Gasteiger partial charge < -0.3 is 15.0 Å². The molecule has 25 heavy (non-hydrogen) atoms. The minimum atomic E-state index is -0.00745. The number of aromatic amines is 1. The van der Waals surface area contributed by atoms with E-state index in [1.807, 2.05) is 12.1 Å². The molecule has 4 heteroatoms. The maximum atomic E-state index is 11.2. The average Bonchev–Trinajstić information content (AvgIpc) is 2.99. The van der Waals surface area contributed by atoms with Crippen LogP contribution in [0.2, 0.25) is 0 Å². The number of H-pyrrole nitrogens is 1. The second-order valence-corrected chi connectivity index (χ2v) is 6.18. The van der Waals surface area contributed by atoms with E-state index in [4.69, 9.17) is 4.74 Å². The molecule has 0 aliphatic heterocycles. The second kappa shape index (κ2) is 7.43. The number of hydrogen-bond donors (Lipinski definition) is 2. The summed E-state index contributed by atoms with van der Waals surface area (Å²) in [5.41, 5.74) is 5.88. The summed E-state index contributed by atoms with van der Waals surface area (Å²) in [6, 6.07) is 14.7. The summed E-state index contributed by atoms with van der Waals surface area (Å²) >= 11 is 0. The number of fused-ring (bicyclic) bond motifs is 1. The first kappa shape index (κ1) is 17.1. The van der Waals surface area contributed by atoms with Crippen molar-refractivity contribution < 1.29 is 9.53 Å². The average molecular weight is 336 g/mol. The summed E-state index contributed by atoms with van der Waals surface area (Å²) in [7, 11) is 1.68. The molecule has 0 fully saturated rings. The van der Waals surface area contributed by atoms with Crippen LogP contribution in [-0.4, -0.2) is 24.5 Å². The van der Waals surface area contributed by atoms with Gasteiger partial charge in [-0.3, -0.25) is 4.79 Å². The van der Waals surface area contributed by atoms with E-state index < -0.39 is 0 Å². The molecule has 2 N–H and O–H groups in total. The van der Waals surface area contributed by atoms with Crippen LogP contribution in [0.25, 0.3) is 22.2 Å². The lowest BCUT2D eigenvalue weighted by Crippen LogP contribution is -2.22. The van der Waals surface area contributed by atoms with Crippen molar-refractivity contribution in [2.75, 3.05) is 13.7 Å². The normalized spacial score (nSPS) is 10.8. The predicted octanol–water partition coefficient (Wildman–Crippen LogP) is 4.08. The van der Waals surface area contributed by atoms with Gasteiger partial charge in [0.05, 0.1) is 7.11 Å². The summed E-state index contributed by atoms with van der Waals surface area (Å²) in [5, 5.41) is 4.03.